The largest absolute Gasteiger partial charge is 0.393 e. The van der Waals surface area contributed by atoms with E-state index >= 15 is 0 Å². The molecule has 2 nitrogen and oxygen atoms in total. The van der Waals surface area contributed by atoms with Crippen LogP contribution in [0.2, 0.25) is 0 Å². The summed E-state index contributed by atoms with van der Waals surface area (Å²) in [5.74, 6) is 1.70. The molecule has 0 heterocycles. The fraction of sp³-hybridized carbons (Fsp3) is 0.800. The zero-order valence-electron chi connectivity index (χ0n) is 11.4. The highest BCUT2D eigenvalue weighted by Crippen LogP contribution is 2.68. The van der Waals surface area contributed by atoms with E-state index in [2.05, 4.69) is 6.92 Å². The molecule has 0 aromatic carbocycles. The molecule has 1 unspecified atom stereocenters. The van der Waals surface area contributed by atoms with Gasteiger partial charge in [0.15, 0.2) is 5.78 Å². The second-order valence-corrected chi connectivity index (χ2v) is 6.43. The first-order chi connectivity index (χ1) is 7.86. The van der Waals surface area contributed by atoms with Crippen molar-refractivity contribution < 1.29 is 9.90 Å². The molecule has 0 amide bonds. The Morgan fingerprint density at radius 2 is 2.18 bits per heavy atom. The summed E-state index contributed by atoms with van der Waals surface area (Å²) in [6, 6.07) is 0. The summed E-state index contributed by atoms with van der Waals surface area (Å²) < 4.78 is 0. The average Bonchev–Trinajstić information content (AvgIpc) is 2.76. The molecule has 0 bridgehead atoms. The zero-order valence-corrected chi connectivity index (χ0v) is 11.4. The van der Waals surface area contributed by atoms with Crippen LogP contribution in [0.3, 0.4) is 0 Å². The third-order valence-electron chi connectivity index (χ3n) is 4.87. The van der Waals surface area contributed by atoms with Crippen molar-refractivity contribution in [1.82, 2.24) is 0 Å². The molecular weight excluding hydrogens is 212 g/mol. The minimum atomic E-state index is -0.208. The Morgan fingerprint density at radius 3 is 2.71 bits per heavy atom. The van der Waals surface area contributed by atoms with Gasteiger partial charge < -0.3 is 5.11 Å². The third-order valence-corrected chi connectivity index (χ3v) is 4.87. The van der Waals surface area contributed by atoms with Gasteiger partial charge in [-0.05, 0) is 62.9 Å². The summed E-state index contributed by atoms with van der Waals surface area (Å²) in [4.78, 5) is 12.1. The highest BCUT2D eigenvalue weighted by molar-refractivity contribution is 5.98. The van der Waals surface area contributed by atoms with Crippen LogP contribution in [-0.2, 0) is 4.79 Å². The fourth-order valence-corrected chi connectivity index (χ4v) is 3.62. The van der Waals surface area contributed by atoms with Crippen molar-refractivity contribution in [3.05, 3.63) is 11.1 Å². The van der Waals surface area contributed by atoms with Crippen molar-refractivity contribution in [2.45, 2.75) is 59.5 Å². The van der Waals surface area contributed by atoms with E-state index in [9.17, 15) is 9.90 Å². The second kappa shape index (κ2) is 4.24. The highest BCUT2D eigenvalue weighted by atomic mass is 16.3. The van der Waals surface area contributed by atoms with E-state index in [1.807, 2.05) is 20.8 Å². The van der Waals surface area contributed by atoms with E-state index in [0.29, 0.717) is 17.6 Å². The van der Waals surface area contributed by atoms with Crippen molar-refractivity contribution in [2.24, 2.45) is 17.3 Å². The van der Waals surface area contributed by atoms with Crippen LogP contribution in [0.5, 0.6) is 0 Å². The fourth-order valence-electron chi connectivity index (χ4n) is 3.62. The maximum Gasteiger partial charge on any atom is 0.159 e. The molecule has 0 aliphatic heterocycles. The molecule has 2 aliphatic carbocycles. The Balaban J connectivity index is 2.04. The molecule has 2 rings (SSSR count). The summed E-state index contributed by atoms with van der Waals surface area (Å²) in [7, 11) is 0. The lowest BCUT2D eigenvalue weighted by atomic mass is 9.84. The first-order valence-corrected chi connectivity index (χ1v) is 6.74. The third kappa shape index (κ3) is 2.20. The van der Waals surface area contributed by atoms with E-state index in [1.54, 1.807) is 0 Å². The van der Waals surface area contributed by atoms with Gasteiger partial charge in [-0.25, -0.2) is 0 Å². The quantitative estimate of drug-likeness (QED) is 0.764. The summed E-state index contributed by atoms with van der Waals surface area (Å²) in [6.07, 6.45) is 3.43. The molecule has 0 aromatic rings. The Morgan fingerprint density at radius 1 is 1.53 bits per heavy atom. The van der Waals surface area contributed by atoms with Crippen molar-refractivity contribution in [3.8, 4) is 0 Å². The van der Waals surface area contributed by atoms with E-state index in [-0.39, 0.29) is 11.5 Å². The molecule has 4 atom stereocenters. The van der Waals surface area contributed by atoms with Gasteiger partial charge in [-0.15, -0.1) is 0 Å². The van der Waals surface area contributed by atoms with Crippen LogP contribution < -0.4 is 0 Å². The van der Waals surface area contributed by atoms with Gasteiger partial charge in [-0.2, -0.15) is 0 Å². The van der Waals surface area contributed by atoms with E-state index in [4.69, 9.17) is 0 Å². The molecule has 0 spiro atoms. The normalized spacial score (nSPS) is 37.7. The predicted octanol–water partition coefficient (Wildman–Crippen LogP) is 3.10. The molecular formula is C15H24O2. The number of aliphatic hydroxyl groups excluding tert-OH is 1. The molecule has 0 radical (unpaired) electrons. The van der Waals surface area contributed by atoms with Crippen molar-refractivity contribution in [3.63, 3.8) is 0 Å². The number of rotatable bonds is 3. The number of ketones is 1. The number of carbonyl (C=O) groups is 1. The molecule has 0 saturated heterocycles. The van der Waals surface area contributed by atoms with Crippen LogP contribution in [0.15, 0.2) is 11.1 Å². The van der Waals surface area contributed by atoms with Crippen molar-refractivity contribution >= 4 is 5.78 Å². The number of allylic oxidation sites excluding steroid dienone is 2. The SMILES string of the molecule is CC(C)=C1C[C@@H]2[C@@H](CCC(C)O)[C@]2(C)CC1=O. The van der Waals surface area contributed by atoms with Crippen LogP contribution >= 0.6 is 0 Å². The van der Waals surface area contributed by atoms with E-state index < -0.39 is 0 Å². The van der Waals surface area contributed by atoms with E-state index in [0.717, 1.165) is 31.3 Å². The molecule has 96 valence electrons. The molecule has 2 aliphatic rings. The van der Waals surface area contributed by atoms with Gasteiger partial charge in [-0.3, -0.25) is 4.79 Å². The Bertz CT molecular complexity index is 363. The number of hydrogen-bond donors (Lipinski definition) is 1. The van der Waals surface area contributed by atoms with Gasteiger partial charge in [0.25, 0.3) is 0 Å². The van der Waals surface area contributed by atoms with Crippen LogP contribution in [0.4, 0.5) is 0 Å². The second-order valence-electron chi connectivity index (χ2n) is 6.43. The topological polar surface area (TPSA) is 37.3 Å². The van der Waals surface area contributed by atoms with Crippen LogP contribution in [-0.4, -0.2) is 17.0 Å². The molecule has 2 heteroatoms. The summed E-state index contributed by atoms with van der Waals surface area (Å²) in [6.45, 7) is 8.19. The van der Waals surface area contributed by atoms with Crippen molar-refractivity contribution in [1.29, 1.82) is 0 Å². The standard InChI is InChI=1S/C15H24O2/c1-9(2)11-7-13-12(6-5-10(3)16)15(13,4)8-14(11)17/h10,12-13,16H,5-8H2,1-4H3/t10?,12-,13-,15+/m1/s1. The van der Waals surface area contributed by atoms with Crippen molar-refractivity contribution in [2.75, 3.05) is 0 Å². The lowest BCUT2D eigenvalue weighted by Crippen LogP contribution is -2.18. The van der Waals surface area contributed by atoms with Gasteiger partial charge in [0.2, 0.25) is 0 Å². The number of Topliss-reactive ketones (excluding diaryl/α,β-unsaturated/α-hetero) is 1. The number of aliphatic hydroxyl groups is 1. The van der Waals surface area contributed by atoms with Crippen LogP contribution in [0.25, 0.3) is 0 Å². The molecule has 1 N–H and O–H groups in total. The lowest BCUT2D eigenvalue weighted by Gasteiger charge is -2.19. The Hall–Kier alpha value is -0.630. The first-order valence-electron chi connectivity index (χ1n) is 6.74. The summed E-state index contributed by atoms with van der Waals surface area (Å²) in [5, 5.41) is 9.36. The van der Waals surface area contributed by atoms with E-state index in [1.165, 1.54) is 5.57 Å². The van der Waals surface area contributed by atoms with Crippen LogP contribution in [0, 0.1) is 17.3 Å². The minimum Gasteiger partial charge on any atom is -0.393 e. The van der Waals surface area contributed by atoms with Gasteiger partial charge in [0.05, 0.1) is 6.10 Å². The average molecular weight is 236 g/mol. The Labute approximate surface area is 104 Å². The molecule has 0 aromatic heterocycles. The summed E-state index contributed by atoms with van der Waals surface area (Å²) in [5.41, 5.74) is 2.51. The zero-order chi connectivity index (χ0) is 12.8. The van der Waals surface area contributed by atoms with Gasteiger partial charge in [-0.1, -0.05) is 12.5 Å². The first kappa shape index (κ1) is 12.8. The number of carbonyl (C=O) groups excluding carboxylic acids is 1. The summed E-state index contributed by atoms with van der Waals surface area (Å²) >= 11 is 0. The smallest absolute Gasteiger partial charge is 0.159 e. The maximum atomic E-state index is 12.1. The molecule has 17 heavy (non-hydrogen) atoms. The maximum absolute atomic E-state index is 12.1. The lowest BCUT2D eigenvalue weighted by molar-refractivity contribution is -0.117. The van der Waals surface area contributed by atoms with Crippen LogP contribution in [0.1, 0.15) is 53.4 Å². The molecule has 2 saturated carbocycles. The van der Waals surface area contributed by atoms with Gasteiger partial charge >= 0.3 is 0 Å². The predicted molar refractivity (Wildman–Crippen MR) is 68.6 cm³/mol. The molecule has 2 fully saturated rings. The van der Waals surface area contributed by atoms with Gasteiger partial charge in [0.1, 0.15) is 0 Å². The highest BCUT2D eigenvalue weighted by Gasteiger charge is 2.63. The monoisotopic (exact) mass is 236 g/mol. The number of hydrogen-bond acceptors (Lipinski definition) is 2. The number of fused-ring (bicyclic) bond motifs is 1. The Kier molecular flexibility index (Phi) is 3.19. The van der Waals surface area contributed by atoms with Gasteiger partial charge in [0, 0.05) is 6.42 Å². The minimum absolute atomic E-state index is 0.208.